The molecule has 0 saturated carbocycles. The van der Waals surface area contributed by atoms with Crippen molar-refractivity contribution in [3.63, 3.8) is 0 Å². The number of halogens is 1. The molecule has 0 unspecified atom stereocenters. The van der Waals surface area contributed by atoms with E-state index in [1.54, 1.807) is 0 Å². The van der Waals surface area contributed by atoms with Gasteiger partial charge in [-0.3, -0.25) is 0 Å². The zero-order valence-corrected chi connectivity index (χ0v) is 12.6. The van der Waals surface area contributed by atoms with Crippen LogP contribution in [0.1, 0.15) is 11.1 Å². The van der Waals surface area contributed by atoms with E-state index < -0.39 is 0 Å². The molecule has 2 aliphatic heterocycles. The molecule has 0 spiro atoms. The lowest BCUT2D eigenvalue weighted by Crippen LogP contribution is -2.46. The van der Waals surface area contributed by atoms with E-state index in [0.717, 1.165) is 25.4 Å². The van der Waals surface area contributed by atoms with Crippen molar-refractivity contribution in [3.8, 4) is 0 Å². The van der Waals surface area contributed by atoms with Crippen LogP contribution < -0.4 is 15.5 Å². The van der Waals surface area contributed by atoms with Crippen LogP contribution in [0.4, 0.5) is 17.1 Å². The minimum absolute atomic E-state index is 0.851. The van der Waals surface area contributed by atoms with E-state index in [1.165, 1.54) is 26.1 Å². The highest BCUT2D eigenvalue weighted by Gasteiger charge is 2.29. The fraction of sp³-hybridized carbons (Fsp3) is 0.200. The molecular weight excluding hydrogens is 349 g/mol. The van der Waals surface area contributed by atoms with Gasteiger partial charge in [0.2, 0.25) is 0 Å². The number of hydrogen-bond donors (Lipinski definition) is 1. The fourth-order valence-corrected chi connectivity index (χ4v) is 3.63. The molecule has 2 heterocycles. The summed E-state index contributed by atoms with van der Waals surface area (Å²) >= 11 is 2.38. The summed E-state index contributed by atoms with van der Waals surface area (Å²) in [6.07, 6.45) is 0. The van der Waals surface area contributed by atoms with E-state index in [9.17, 15) is 0 Å². The molecule has 2 aromatic rings. The van der Waals surface area contributed by atoms with Crippen molar-refractivity contribution in [2.75, 3.05) is 22.2 Å². The van der Waals surface area contributed by atoms with Crippen molar-refractivity contribution in [2.45, 2.75) is 13.1 Å². The van der Waals surface area contributed by atoms with Gasteiger partial charge in [-0.25, -0.2) is 0 Å². The van der Waals surface area contributed by atoms with Crippen LogP contribution in [0.5, 0.6) is 0 Å². The molecule has 3 nitrogen and oxygen atoms in total. The molecule has 0 saturated heterocycles. The predicted octanol–water partition coefficient (Wildman–Crippen LogP) is 3.17. The van der Waals surface area contributed by atoms with E-state index in [4.69, 9.17) is 5.73 Å². The van der Waals surface area contributed by atoms with Gasteiger partial charge in [-0.1, -0.05) is 0 Å². The third-order valence-corrected chi connectivity index (χ3v) is 4.56. The maximum absolute atomic E-state index is 5.91. The number of nitrogens with two attached hydrogens (primary N) is 1. The minimum atomic E-state index is 0.851. The molecule has 0 aromatic heterocycles. The van der Waals surface area contributed by atoms with Gasteiger partial charge in [0.15, 0.2) is 0 Å². The molecule has 96 valence electrons. The maximum atomic E-state index is 5.91. The topological polar surface area (TPSA) is 32.5 Å². The second-order valence-corrected chi connectivity index (χ2v) is 6.44. The van der Waals surface area contributed by atoms with Gasteiger partial charge in [0.05, 0.1) is 6.67 Å². The number of benzene rings is 2. The molecule has 2 bridgehead atoms. The Kier molecular flexibility index (Phi) is 2.42. The fourth-order valence-electron chi connectivity index (χ4n) is 3.07. The van der Waals surface area contributed by atoms with Crippen LogP contribution >= 0.6 is 22.6 Å². The first-order valence-corrected chi connectivity index (χ1v) is 7.45. The summed E-state index contributed by atoms with van der Waals surface area (Å²) in [5.41, 5.74) is 12.2. The normalized spacial score (nSPS) is 16.1. The lowest BCUT2D eigenvalue weighted by Gasteiger charge is -2.44. The summed E-state index contributed by atoms with van der Waals surface area (Å²) in [6.45, 7) is 2.91. The molecule has 2 N–H and O–H groups in total. The average Bonchev–Trinajstić information content (AvgIpc) is 2.37. The Bertz CT molecular complexity index is 611. The van der Waals surface area contributed by atoms with Crippen LogP contribution in [0.25, 0.3) is 0 Å². The summed E-state index contributed by atoms with van der Waals surface area (Å²) in [5.74, 6) is 0. The average molecular weight is 363 g/mol. The molecule has 4 rings (SSSR count). The molecular formula is C15H14IN3. The Balaban J connectivity index is 1.83. The minimum Gasteiger partial charge on any atom is -0.399 e. The molecule has 0 radical (unpaired) electrons. The van der Waals surface area contributed by atoms with Crippen molar-refractivity contribution in [3.05, 3.63) is 51.1 Å². The van der Waals surface area contributed by atoms with Crippen LogP contribution in [0.3, 0.4) is 0 Å². The largest absolute Gasteiger partial charge is 0.399 e. The molecule has 2 aliphatic rings. The van der Waals surface area contributed by atoms with Gasteiger partial charge in [0.25, 0.3) is 0 Å². The van der Waals surface area contributed by atoms with E-state index in [0.29, 0.717) is 0 Å². The van der Waals surface area contributed by atoms with Gasteiger partial charge < -0.3 is 15.5 Å². The van der Waals surface area contributed by atoms with Gasteiger partial charge >= 0.3 is 0 Å². The van der Waals surface area contributed by atoms with E-state index in [2.05, 4.69) is 62.7 Å². The highest BCUT2D eigenvalue weighted by Crippen LogP contribution is 2.38. The van der Waals surface area contributed by atoms with Crippen LogP contribution in [0.2, 0.25) is 0 Å². The van der Waals surface area contributed by atoms with Crippen LogP contribution in [0.15, 0.2) is 36.4 Å². The summed E-state index contributed by atoms with van der Waals surface area (Å²) in [5, 5.41) is 0. The molecule has 4 heteroatoms. The molecule has 0 amide bonds. The first kappa shape index (κ1) is 11.4. The Hall–Kier alpha value is -1.43. The first-order valence-electron chi connectivity index (χ1n) is 6.37. The molecule has 0 fully saturated rings. The van der Waals surface area contributed by atoms with Crippen LogP contribution in [-0.4, -0.2) is 6.67 Å². The molecule has 2 aromatic carbocycles. The van der Waals surface area contributed by atoms with Crippen molar-refractivity contribution in [2.24, 2.45) is 0 Å². The van der Waals surface area contributed by atoms with Gasteiger partial charge in [-0.15, -0.1) is 0 Å². The van der Waals surface area contributed by atoms with Gasteiger partial charge in [0.1, 0.15) is 0 Å². The Morgan fingerprint density at radius 1 is 0.895 bits per heavy atom. The SMILES string of the molecule is Nc1ccc2c(c1)CN1CN2Cc2cc(I)ccc21. The van der Waals surface area contributed by atoms with Crippen molar-refractivity contribution < 1.29 is 0 Å². The zero-order valence-electron chi connectivity index (χ0n) is 10.4. The number of rotatable bonds is 0. The second-order valence-electron chi connectivity index (χ2n) is 5.20. The monoisotopic (exact) mass is 363 g/mol. The lowest BCUT2D eigenvalue weighted by molar-refractivity contribution is 0.651. The standard InChI is InChI=1S/C15H14IN3/c16-12-1-3-14-10(5-12)7-18-9-19(14)8-11-6-13(17)2-4-15(11)18/h1-6H,7-9,17H2. The summed E-state index contributed by atoms with van der Waals surface area (Å²) < 4.78 is 1.30. The van der Waals surface area contributed by atoms with E-state index in [-0.39, 0.29) is 0 Å². The van der Waals surface area contributed by atoms with Crippen LogP contribution in [-0.2, 0) is 13.1 Å². The molecule has 0 atom stereocenters. The maximum Gasteiger partial charge on any atom is 0.0910 e. The predicted molar refractivity (Wildman–Crippen MR) is 87.2 cm³/mol. The number of hydrogen-bond acceptors (Lipinski definition) is 3. The number of anilines is 3. The Morgan fingerprint density at radius 3 is 2.26 bits per heavy atom. The highest BCUT2D eigenvalue weighted by atomic mass is 127. The summed E-state index contributed by atoms with van der Waals surface area (Å²) in [4.78, 5) is 4.85. The van der Waals surface area contributed by atoms with Gasteiger partial charge in [-0.05, 0) is 70.1 Å². The number of nitrogens with zero attached hydrogens (tertiary/aromatic N) is 2. The lowest BCUT2D eigenvalue weighted by atomic mass is 10.0. The highest BCUT2D eigenvalue weighted by molar-refractivity contribution is 14.1. The number of nitrogen functional groups attached to an aromatic ring is 1. The Labute approximate surface area is 126 Å². The quantitative estimate of drug-likeness (QED) is 0.577. The number of fused-ring (bicyclic) bond motifs is 6. The van der Waals surface area contributed by atoms with E-state index in [1.807, 2.05) is 6.07 Å². The van der Waals surface area contributed by atoms with Crippen molar-refractivity contribution in [1.82, 2.24) is 0 Å². The molecule has 0 aliphatic carbocycles. The first-order chi connectivity index (χ1) is 9.20. The van der Waals surface area contributed by atoms with E-state index >= 15 is 0 Å². The van der Waals surface area contributed by atoms with Gasteiger partial charge in [0, 0.05) is 33.7 Å². The summed E-state index contributed by atoms with van der Waals surface area (Å²) in [6, 6.07) is 13.0. The smallest absolute Gasteiger partial charge is 0.0910 e. The zero-order chi connectivity index (χ0) is 13.0. The third-order valence-electron chi connectivity index (χ3n) is 3.89. The third kappa shape index (κ3) is 1.77. The van der Waals surface area contributed by atoms with Crippen molar-refractivity contribution in [1.29, 1.82) is 0 Å². The summed E-state index contributed by atoms with van der Waals surface area (Å²) in [7, 11) is 0. The van der Waals surface area contributed by atoms with Crippen LogP contribution in [0, 0.1) is 3.57 Å². The molecule has 19 heavy (non-hydrogen) atoms. The van der Waals surface area contributed by atoms with Gasteiger partial charge in [-0.2, -0.15) is 0 Å². The Morgan fingerprint density at radius 2 is 1.53 bits per heavy atom. The second kappa shape index (κ2) is 4.03. The van der Waals surface area contributed by atoms with Crippen molar-refractivity contribution >= 4 is 39.7 Å².